The number of carboxylic acid groups (broad SMARTS) is 1. The van der Waals surface area contributed by atoms with Crippen LogP contribution < -0.4 is 4.90 Å². The van der Waals surface area contributed by atoms with E-state index in [9.17, 15) is 4.79 Å². The van der Waals surface area contributed by atoms with Gasteiger partial charge in [0, 0.05) is 23.2 Å². The van der Waals surface area contributed by atoms with Crippen LogP contribution in [-0.4, -0.2) is 24.2 Å². The molecule has 1 fully saturated rings. The van der Waals surface area contributed by atoms with Gasteiger partial charge in [-0.2, -0.15) is 0 Å². The van der Waals surface area contributed by atoms with E-state index in [1.165, 1.54) is 25.7 Å². The number of hydrogen-bond acceptors (Lipinski definition) is 2. The van der Waals surface area contributed by atoms with Crippen molar-refractivity contribution in [2.75, 3.05) is 11.9 Å². The lowest BCUT2D eigenvalue weighted by Gasteiger charge is -2.39. The van der Waals surface area contributed by atoms with Crippen molar-refractivity contribution >= 4 is 27.6 Å². The molecule has 4 heteroatoms. The van der Waals surface area contributed by atoms with Crippen LogP contribution in [0, 0.1) is 5.41 Å². The van der Waals surface area contributed by atoms with Gasteiger partial charge in [-0.05, 0) is 49.3 Å². The van der Waals surface area contributed by atoms with Gasteiger partial charge in [-0.1, -0.05) is 29.8 Å². The third-order valence-electron chi connectivity index (χ3n) is 4.39. The predicted molar refractivity (Wildman–Crippen MR) is 85.5 cm³/mol. The Morgan fingerprint density at radius 2 is 1.90 bits per heavy atom. The van der Waals surface area contributed by atoms with Gasteiger partial charge in [0.05, 0.1) is 5.56 Å². The summed E-state index contributed by atoms with van der Waals surface area (Å²) in [5, 5.41) is 9.16. The monoisotopic (exact) mass is 339 g/mol. The van der Waals surface area contributed by atoms with E-state index in [1.807, 2.05) is 6.07 Å². The zero-order valence-corrected chi connectivity index (χ0v) is 13.9. The number of benzene rings is 1. The van der Waals surface area contributed by atoms with Crippen molar-refractivity contribution in [1.29, 1.82) is 0 Å². The molecule has 2 rings (SSSR count). The van der Waals surface area contributed by atoms with Crippen molar-refractivity contribution in [3.63, 3.8) is 0 Å². The first kappa shape index (κ1) is 15.4. The van der Waals surface area contributed by atoms with Crippen LogP contribution in [0.5, 0.6) is 0 Å². The van der Waals surface area contributed by atoms with Crippen LogP contribution in [0.3, 0.4) is 0 Å². The SMILES string of the molecule is CN(c1cc(Br)cc(C(=O)O)c1)C1CCC(C)(C)CC1. The number of rotatable bonds is 3. The number of carboxylic acids is 1. The summed E-state index contributed by atoms with van der Waals surface area (Å²) in [6.07, 6.45) is 4.78. The maximum atomic E-state index is 11.2. The van der Waals surface area contributed by atoms with Crippen LogP contribution in [0.15, 0.2) is 22.7 Å². The number of aromatic carboxylic acids is 1. The van der Waals surface area contributed by atoms with E-state index in [0.29, 0.717) is 17.0 Å². The molecule has 1 aliphatic rings. The van der Waals surface area contributed by atoms with Crippen LogP contribution in [0.4, 0.5) is 5.69 Å². The topological polar surface area (TPSA) is 40.5 Å². The number of halogens is 1. The Hall–Kier alpha value is -1.03. The van der Waals surface area contributed by atoms with E-state index in [-0.39, 0.29) is 0 Å². The van der Waals surface area contributed by atoms with E-state index >= 15 is 0 Å². The lowest BCUT2D eigenvalue weighted by atomic mass is 9.75. The molecule has 0 atom stereocenters. The quantitative estimate of drug-likeness (QED) is 0.877. The minimum Gasteiger partial charge on any atom is -0.478 e. The smallest absolute Gasteiger partial charge is 0.335 e. The zero-order valence-electron chi connectivity index (χ0n) is 12.3. The van der Waals surface area contributed by atoms with Crippen molar-refractivity contribution in [1.82, 2.24) is 0 Å². The summed E-state index contributed by atoms with van der Waals surface area (Å²) in [6, 6.07) is 5.89. The summed E-state index contributed by atoms with van der Waals surface area (Å²) in [4.78, 5) is 13.4. The third kappa shape index (κ3) is 3.54. The molecule has 1 aliphatic carbocycles. The van der Waals surface area contributed by atoms with Gasteiger partial charge in [0.15, 0.2) is 0 Å². The first-order chi connectivity index (χ1) is 9.28. The molecule has 0 heterocycles. The fourth-order valence-corrected chi connectivity index (χ4v) is 3.36. The van der Waals surface area contributed by atoms with E-state index < -0.39 is 5.97 Å². The second-order valence-electron chi connectivity index (χ2n) is 6.51. The number of nitrogens with zero attached hydrogens (tertiary/aromatic N) is 1. The highest BCUT2D eigenvalue weighted by atomic mass is 79.9. The Bertz CT molecular complexity index is 503. The molecule has 0 aromatic heterocycles. The van der Waals surface area contributed by atoms with Gasteiger partial charge >= 0.3 is 5.97 Å². The highest BCUT2D eigenvalue weighted by Gasteiger charge is 2.29. The number of hydrogen-bond donors (Lipinski definition) is 1. The molecule has 20 heavy (non-hydrogen) atoms. The zero-order chi connectivity index (χ0) is 14.9. The van der Waals surface area contributed by atoms with E-state index in [2.05, 4.69) is 41.7 Å². The fraction of sp³-hybridized carbons (Fsp3) is 0.562. The molecule has 0 aliphatic heterocycles. The van der Waals surface area contributed by atoms with Crippen molar-refractivity contribution < 1.29 is 9.90 Å². The second-order valence-corrected chi connectivity index (χ2v) is 7.43. The Kier molecular flexibility index (Phi) is 4.43. The Labute approximate surface area is 129 Å². The maximum absolute atomic E-state index is 11.2. The van der Waals surface area contributed by atoms with Crippen LogP contribution in [-0.2, 0) is 0 Å². The van der Waals surface area contributed by atoms with E-state index in [4.69, 9.17) is 5.11 Å². The maximum Gasteiger partial charge on any atom is 0.335 e. The van der Waals surface area contributed by atoms with Gasteiger partial charge in [-0.3, -0.25) is 0 Å². The Morgan fingerprint density at radius 3 is 2.45 bits per heavy atom. The third-order valence-corrected chi connectivity index (χ3v) is 4.85. The lowest BCUT2D eigenvalue weighted by Crippen LogP contribution is -2.37. The molecule has 0 radical (unpaired) electrons. The molecule has 0 amide bonds. The first-order valence-electron chi connectivity index (χ1n) is 7.05. The van der Waals surface area contributed by atoms with E-state index in [0.717, 1.165) is 10.2 Å². The minimum absolute atomic E-state index is 0.331. The van der Waals surface area contributed by atoms with Crippen molar-refractivity contribution in [3.8, 4) is 0 Å². The molecule has 0 bridgehead atoms. The molecule has 0 saturated heterocycles. The fourth-order valence-electron chi connectivity index (χ4n) is 2.88. The van der Waals surface area contributed by atoms with Gasteiger partial charge < -0.3 is 10.0 Å². The van der Waals surface area contributed by atoms with Crippen molar-refractivity contribution in [3.05, 3.63) is 28.2 Å². The molecule has 0 spiro atoms. The van der Waals surface area contributed by atoms with E-state index in [1.54, 1.807) is 12.1 Å². The Morgan fingerprint density at radius 1 is 1.30 bits per heavy atom. The highest BCUT2D eigenvalue weighted by molar-refractivity contribution is 9.10. The summed E-state index contributed by atoms with van der Waals surface area (Å²) in [5.74, 6) is -0.884. The number of carbonyl (C=O) groups is 1. The summed E-state index contributed by atoms with van der Waals surface area (Å²) in [6.45, 7) is 4.65. The summed E-state index contributed by atoms with van der Waals surface area (Å²) >= 11 is 3.40. The average Bonchev–Trinajstić information content (AvgIpc) is 2.37. The van der Waals surface area contributed by atoms with Crippen LogP contribution in [0.1, 0.15) is 49.9 Å². The minimum atomic E-state index is -0.884. The van der Waals surface area contributed by atoms with Gasteiger partial charge in [-0.15, -0.1) is 0 Å². The molecule has 1 aromatic rings. The highest BCUT2D eigenvalue weighted by Crippen LogP contribution is 2.38. The molecule has 3 nitrogen and oxygen atoms in total. The predicted octanol–water partition coefficient (Wildman–Crippen LogP) is 4.55. The normalized spacial score (nSPS) is 18.8. The van der Waals surface area contributed by atoms with Crippen molar-refractivity contribution in [2.45, 2.75) is 45.6 Å². The van der Waals surface area contributed by atoms with Crippen molar-refractivity contribution in [2.24, 2.45) is 5.41 Å². The number of anilines is 1. The Balaban J connectivity index is 2.17. The molecule has 1 saturated carbocycles. The summed E-state index contributed by atoms with van der Waals surface area (Å²) in [7, 11) is 2.07. The molecule has 110 valence electrons. The molecular weight excluding hydrogens is 318 g/mol. The van der Waals surface area contributed by atoms with Gasteiger partial charge in [0.25, 0.3) is 0 Å². The molecule has 1 N–H and O–H groups in total. The van der Waals surface area contributed by atoms with Crippen LogP contribution >= 0.6 is 15.9 Å². The van der Waals surface area contributed by atoms with Gasteiger partial charge in [-0.25, -0.2) is 4.79 Å². The molecule has 1 aromatic carbocycles. The standard InChI is InChI=1S/C16H22BrNO2/c1-16(2)6-4-13(5-7-16)18(3)14-9-11(15(19)20)8-12(17)10-14/h8-10,13H,4-7H2,1-3H3,(H,19,20). The largest absolute Gasteiger partial charge is 0.478 e. The first-order valence-corrected chi connectivity index (χ1v) is 7.84. The summed E-state index contributed by atoms with van der Waals surface area (Å²) < 4.78 is 0.815. The molecular formula is C16H22BrNO2. The lowest BCUT2D eigenvalue weighted by molar-refractivity contribution is 0.0697. The van der Waals surface area contributed by atoms with Gasteiger partial charge in [0.1, 0.15) is 0 Å². The van der Waals surface area contributed by atoms with Crippen LogP contribution in [0.2, 0.25) is 0 Å². The average molecular weight is 340 g/mol. The summed E-state index contributed by atoms with van der Waals surface area (Å²) in [5.41, 5.74) is 1.75. The van der Waals surface area contributed by atoms with Gasteiger partial charge in [0.2, 0.25) is 0 Å². The second kappa shape index (κ2) is 5.76. The molecule has 0 unspecified atom stereocenters. The van der Waals surface area contributed by atoms with Crippen LogP contribution in [0.25, 0.3) is 0 Å².